The summed E-state index contributed by atoms with van der Waals surface area (Å²) >= 11 is 0. The molecule has 3 heteroatoms. The minimum atomic E-state index is 0.818. The van der Waals surface area contributed by atoms with Gasteiger partial charge in [-0.15, -0.1) is 0 Å². The molecule has 0 aliphatic heterocycles. The van der Waals surface area contributed by atoms with E-state index in [2.05, 4.69) is 42.6 Å². The third-order valence-electron chi connectivity index (χ3n) is 3.51. The number of rotatable bonds is 9. The van der Waals surface area contributed by atoms with Gasteiger partial charge < -0.3 is 14.8 Å². The maximum atomic E-state index is 5.50. The molecule has 0 atom stereocenters. The second-order valence-corrected chi connectivity index (χ2v) is 5.11. The Morgan fingerprint density at radius 3 is 2.71 bits per heavy atom. The van der Waals surface area contributed by atoms with E-state index < -0.39 is 0 Å². The van der Waals surface area contributed by atoms with Gasteiger partial charge in [0.25, 0.3) is 0 Å². The number of ether oxygens (including phenoxy) is 2. The van der Waals surface area contributed by atoms with Crippen molar-refractivity contribution >= 4 is 10.8 Å². The van der Waals surface area contributed by atoms with E-state index in [4.69, 9.17) is 9.47 Å². The Hall–Kier alpha value is -1.58. The number of hydrogen-bond acceptors (Lipinski definition) is 3. The van der Waals surface area contributed by atoms with Crippen molar-refractivity contribution in [3.8, 4) is 5.75 Å². The summed E-state index contributed by atoms with van der Waals surface area (Å²) in [5.41, 5.74) is 1.23. The van der Waals surface area contributed by atoms with Crippen molar-refractivity contribution in [2.75, 3.05) is 26.9 Å². The molecule has 2 rings (SSSR count). The minimum Gasteiger partial charge on any atom is -0.496 e. The lowest BCUT2D eigenvalue weighted by Crippen LogP contribution is -2.17. The summed E-state index contributed by atoms with van der Waals surface area (Å²) in [6, 6.07) is 12.6. The van der Waals surface area contributed by atoms with Crippen LogP contribution in [0.3, 0.4) is 0 Å². The molecule has 0 spiro atoms. The van der Waals surface area contributed by atoms with Crippen LogP contribution < -0.4 is 10.1 Å². The highest BCUT2D eigenvalue weighted by Gasteiger charge is 2.07. The highest BCUT2D eigenvalue weighted by molar-refractivity contribution is 5.87. The number of nitrogens with one attached hydrogen (secondary N) is 1. The zero-order valence-corrected chi connectivity index (χ0v) is 13.0. The summed E-state index contributed by atoms with van der Waals surface area (Å²) < 4.78 is 11.0. The molecular formula is C18H25NO2. The van der Waals surface area contributed by atoms with Crippen LogP contribution in [0, 0.1) is 0 Å². The van der Waals surface area contributed by atoms with Crippen LogP contribution >= 0.6 is 0 Å². The van der Waals surface area contributed by atoms with E-state index in [9.17, 15) is 0 Å². The Labute approximate surface area is 127 Å². The molecule has 0 aliphatic carbocycles. The van der Waals surface area contributed by atoms with Crippen molar-refractivity contribution in [2.45, 2.75) is 26.3 Å². The van der Waals surface area contributed by atoms with Crippen LogP contribution in [-0.2, 0) is 11.3 Å². The van der Waals surface area contributed by atoms with E-state index in [0.29, 0.717) is 0 Å². The first-order valence-electron chi connectivity index (χ1n) is 7.70. The first kappa shape index (κ1) is 15.8. The fourth-order valence-electron chi connectivity index (χ4n) is 2.45. The molecule has 1 N–H and O–H groups in total. The Morgan fingerprint density at radius 1 is 1.05 bits per heavy atom. The Kier molecular flexibility index (Phi) is 6.51. The molecule has 0 aliphatic rings. The van der Waals surface area contributed by atoms with Crippen LogP contribution in [-0.4, -0.2) is 26.9 Å². The molecule has 0 fully saturated rings. The van der Waals surface area contributed by atoms with E-state index in [1.165, 1.54) is 16.3 Å². The maximum Gasteiger partial charge on any atom is 0.123 e. The van der Waals surface area contributed by atoms with Gasteiger partial charge in [0.05, 0.1) is 7.11 Å². The summed E-state index contributed by atoms with van der Waals surface area (Å²) in [4.78, 5) is 0. The number of methoxy groups -OCH3 is 1. The van der Waals surface area contributed by atoms with Gasteiger partial charge in [-0.3, -0.25) is 0 Å². The van der Waals surface area contributed by atoms with Crippen LogP contribution in [0.1, 0.15) is 25.3 Å². The Morgan fingerprint density at radius 2 is 1.90 bits per heavy atom. The third kappa shape index (κ3) is 4.45. The summed E-state index contributed by atoms with van der Waals surface area (Å²) in [5, 5.41) is 5.99. The lowest BCUT2D eigenvalue weighted by Gasteiger charge is -2.13. The van der Waals surface area contributed by atoms with Crippen molar-refractivity contribution in [1.29, 1.82) is 0 Å². The van der Waals surface area contributed by atoms with Gasteiger partial charge in [0.15, 0.2) is 0 Å². The Balaban J connectivity index is 1.94. The van der Waals surface area contributed by atoms with Crippen LogP contribution in [0.25, 0.3) is 10.8 Å². The van der Waals surface area contributed by atoms with Crippen molar-refractivity contribution in [3.63, 3.8) is 0 Å². The molecule has 0 amide bonds. The topological polar surface area (TPSA) is 30.5 Å². The van der Waals surface area contributed by atoms with E-state index in [1.54, 1.807) is 7.11 Å². The van der Waals surface area contributed by atoms with Crippen LogP contribution in [0.15, 0.2) is 36.4 Å². The summed E-state index contributed by atoms with van der Waals surface area (Å²) in [7, 11) is 1.73. The number of hydrogen-bond donors (Lipinski definition) is 1. The quantitative estimate of drug-likeness (QED) is 0.712. The average molecular weight is 287 g/mol. The zero-order chi connectivity index (χ0) is 14.9. The molecule has 21 heavy (non-hydrogen) atoms. The SMILES string of the molecule is CCCOCCCNCc1c(OC)ccc2ccccc12. The maximum absolute atomic E-state index is 5.50. The van der Waals surface area contributed by atoms with Crippen molar-refractivity contribution < 1.29 is 9.47 Å². The highest BCUT2D eigenvalue weighted by atomic mass is 16.5. The molecule has 114 valence electrons. The highest BCUT2D eigenvalue weighted by Crippen LogP contribution is 2.27. The minimum absolute atomic E-state index is 0.818. The number of fused-ring (bicyclic) bond motifs is 1. The molecule has 2 aromatic rings. The van der Waals surface area contributed by atoms with Gasteiger partial charge >= 0.3 is 0 Å². The van der Waals surface area contributed by atoms with E-state index in [-0.39, 0.29) is 0 Å². The van der Waals surface area contributed by atoms with Gasteiger partial charge in [-0.05, 0) is 36.2 Å². The predicted molar refractivity (Wildman–Crippen MR) is 87.9 cm³/mol. The molecular weight excluding hydrogens is 262 g/mol. The zero-order valence-electron chi connectivity index (χ0n) is 13.0. The summed E-state index contributed by atoms with van der Waals surface area (Å²) in [6.45, 7) is 5.59. The standard InChI is InChI=1S/C18H25NO2/c1-3-12-21-13-6-11-19-14-17-16-8-5-4-7-15(16)9-10-18(17)20-2/h4-5,7-10,19H,3,6,11-14H2,1-2H3. The van der Waals surface area contributed by atoms with E-state index >= 15 is 0 Å². The molecule has 0 radical (unpaired) electrons. The second kappa shape index (κ2) is 8.65. The molecule has 3 nitrogen and oxygen atoms in total. The molecule has 2 aromatic carbocycles. The number of benzene rings is 2. The Bertz CT molecular complexity index is 554. The monoisotopic (exact) mass is 287 g/mol. The summed E-state index contributed by atoms with van der Waals surface area (Å²) in [5.74, 6) is 0.948. The average Bonchev–Trinajstić information content (AvgIpc) is 2.54. The second-order valence-electron chi connectivity index (χ2n) is 5.11. The van der Waals surface area contributed by atoms with Gasteiger partial charge in [-0.2, -0.15) is 0 Å². The molecule has 0 saturated carbocycles. The lowest BCUT2D eigenvalue weighted by atomic mass is 10.0. The molecule has 0 saturated heterocycles. The van der Waals surface area contributed by atoms with Gasteiger partial charge in [0.1, 0.15) is 5.75 Å². The fourth-order valence-corrected chi connectivity index (χ4v) is 2.45. The largest absolute Gasteiger partial charge is 0.496 e. The molecule has 0 unspecified atom stereocenters. The fraction of sp³-hybridized carbons (Fsp3) is 0.444. The van der Waals surface area contributed by atoms with E-state index in [1.807, 2.05) is 6.07 Å². The van der Waals surface area contributed by atoms with Crippen LogP contribution in [0.5, 0.6) is 5.75 Å². The molecule has 0 aromatic heterocycles. The molecule has 0 heterocycles. The summed E-state index contributed by atoms with van der Waals surface area (Å²) in [6.07, 6.45) is 2.12. The third-order valence-corrected chi connectivity index (χ3v) is 3.51. The molecule has 0 bridgehead atoms. The van der Waals surface area contributed by atoms with Crippen LogP contribution in [0.4, 0.5) is 0 Å². The smallest absolute Gasteiger partial charge is 0.123 e. The van der Waals surface area contributed by atoms with E-state index in [0.717, 1.165) is 44.9 Å². The van der Waals surface area contributed by atoms with Gasteiger partial charge in [-0.1, -0.05) is 37.3 Å². The first-order valence-corrected chi connectivity index (χ1v) is 7.70. The van der Waals surface area contributed by atoms with Gasteiger partial charge in [-0.25, -0.2) is 0 Å². The van der Waals surface area contributed by atoms with Gasteiger partial charge in [0.2, 0.25) is 0 Å². The van der Waals surface area contributed by atoms with Crippen molar-refractivity contribution in [2.24, 2.45) is 0 Å². The lowest BCUT2D eigenvalue weighted by molar-refractivity contribution is 0.132. The van der Waals surface area contributed by atoms with Crippen molar-refractivity contribution in [3.05, 3.63) is 42.0 Å². The van der Waals surface area contributed by atoms with Crippen molar-refractivity contribution in [1.82, 2.24) is 5.32 Å². The predicted octanol–water partition coefficient (Wildman–Crippen LogP) is 3.75. The van der Waals surface area contributed by atoms with Crippen LogP contribution in [0.2, 0.25) is 0 Å². The first-order chi connectivity index (χ1) is 10.4. The normalized spacial score (nSPS) is 11.0. The van der Waals surface area contributed by atoms with Gasteiger partial charge in [0, 0.05) is 25.3 Å².